The van der Waals surface area contributed by atoms with E-state index in [-0.39, 0.29) is 0 Å². The van der Waals surface area contributed by atoms with E-state index < -0.39 is 18.7 Å². The quantitative estimate of drug-likeness (QED) is 0.769. The number of hydrogen-bond donors (Lipinski definition) is 1. The second-order valence-electron chi connectivity index (χ2n) is 2.62. The van der Waals surface area contributed by atoms with Gasteiger partial charge in [0.05, 0.1) is 0 Å². The summed E-state index contributed by atoms with van der Waals surface area (Å²) in [6.07, 6.45) is -4.50. The minimum atomic E-state index is -4.55. The molecule has 0 aliphatic heterocycles. The molecule has 1 heterocycles. The molecular formula is C8H8F3NO. The number of aromatic nitrogens is 1. The summed E-state index contributed by atoms with van der Waals surface area (Å²) in [6, 6.07) is 2.88. The largest absolute Gasteiger partial charge is 0.414 e. The molecule has 0 bridgehead atoms. The van der Waals surface area contributed by atoms with Gasteiger partial charge in [-0.15, -0.1) is 0 Å². The van der Waals surface area contributed by atoms with Crippen LogP contribution < -0.4 is 0 Å². The highest BCUT2D eigenvalue weighted by Crippen LogP contribution is 2.22. The summed E-state index contributed by atoms with van der Waals surface area (Å²) >= 11 is 0. The van der Waals surface area contributed by atoms with Gasteiger partial charge in [0.15, 0.2) is 6.10 Å². The molecule has 0 unspecified atom stereocenters. The predicted molar refractivity (Wildman–Crippen MR) is 40.0 cm³/mol. The minimum absolute atomic E-state index is 0.417. The first-order chi connectivity index (χ1) is 6.00. The van der Waals surface area contributed by atoms with Crippen LogP contribution in [0, 0.1) is 0 Å². The van der Waals surface area contributed by atoms with Gasteiger partial charge in [0.25, 0.3) is 0 Å². The monoisotopic (exact) mass is 191 g/mol. The molecule has 0 aliphatic carbocycles. The Labute approximate surface area is 73.0 Å². The lowest BCUT2D eigenvalue weighted by Crippen LogP contribution is -2.30. The average molecular weight is 191 g/mol. The molecule has 13 heavy (non-hydrogen) atoms. The Morgan fingerprint density at radius 2 is 1.85 bits per heavy atom. The molecule has 1 rings (SSSR count). The number of halogens is 3. The molecule has 1 atom stereocenters. The maximum atomic E-state index is 11.9. The van der Waals surface area contributed by atoms with E-state index in [2.05, 4.69) is 4.98 Å². The van der Waals surface area contributed by atoms with Crippen LogP contribution in [0.25, 0.3) is 0 Å². The van der Waals surface area contributed by atoms with Crippen molar-refractivity contribution >= 4 is 0 Å². The van der Waals surface area contributed by atoms with Crippen molar-refractivity contribution in [1.29, 1.82) is 0 Å². The highest BCUT2D eigenvalue weighted by molar-refractivity contribution is 5.11. The number of hydrogen-bond acceptors (Lipinski definition) is 2. The zero-order chi connectivity index (χ0) is 9.90. The van der Waals surface area contributed by atoms with E-state index in [1.165, 1.54) is 24.5 Å². The van der Waals surface area contributed by atoms with E-state index in [1.807, 2.05) is 0 Å². The Bertz CT molecular complexity index is 260. The van der Waals surface area contributed by atoms with Gasteiger partial charge in [0.1, 0.15) is 0 Å². The third-order valence-electron chi connectivity index (χ3n) is 1.56. The molecule has 0 fully saturated rings. The number of alkyl halides is 3. The molecule has 0 aromatic carbocycles. The van der Waals surface area contributed by atoms with Crippen molar-refractivity contribution in [2.24, 2.45) is 0 Å². The maximum Gasteiger partial charge on any atom is 0.414 e. The van der Waals surface area contributed by atoms with Gasteiger partial charge >= 0.3 is 6.18 Å². The number of pyridine rings is 1. The Kier molecular flexibility index (Phi) is 2.87. The van der Waals surface area contributed by atoms with Crippen LogP contribution in [0.2, 0.25) is 0 Å². The number of nitrogens with zero attached hydrogens (tertiary/aromatic N) is 1. The first-order valence-electron chi connectivity index (χ1n) is 3.64. The fourth-order valence-electron chi connectivity index (χ4n) is 0.858. The summed E-state index contributed by atoms with van der Waals surface area (Å²) in [6.45, 7) is 0. The van der Waals surface area contributed by atoms with Crippen molar-refractivity contribution in [3.63, 3.8) is 0 Å². The molecule has 2 nitrogen and oxygen atoms in total. The van der Waals surface area contributed by atoms with Crippen LogP contribution in [-0.4, -0.2) is 22.4 Å². The first kappa shape index (κ1) is 9.98. The molecule has 0 spiro atoms. The molecule has 0 saturated carbocycles. The Hall–Kier alpha value is -1.10. The van der Waals surface area contributed by atoms with Crippen molar-refractivity contribution < 1.29 is 18.3 Å². The minimum Gasteiger partial charge on any atom is -0.383 e. The Morgan fingerprint density at radius 3 is 2.31 bits per heavy atom. The summed E-state index contributed by atoms with van der Waals surface area (Å²) in [7, 11) is 0. The van der Waals surface area contributed by atoms with Crippen molar-refractivity contribution in [1.82, 2.24) is 4.98 Å². The van der Waals surface area contributed by atoms with E-state index in [0.29, 0.717) is 5.56 Å². The van der Waals surface area contributed by atoms with Gasteiger partial charge in [0.2, 0.25) is 0 Å². The summed E-state index contributed by atoms with van der Waals surface area (Å²) in [4.78, 5) is 3.65. The van der Waals surface area contributed by atoms with E-state index in [9.17, 15) is 13.2 Å². The summed E-state index contributed by atoms with van der Waals surface area (Å²) in [5.41, 5.74) is 0.417. The maximum absolute atomic E-state index is 11.9. The number of aliphatic hydroxyl groups excluding tert-OH is 1. The molecule has 0 aliphatic rings. The normalized spacial score (nSPS) is 14.2. The van der Waals surface area contributed by atoms with E-state index in [4.69, 9.17) is 5.11 Å². The third-order valence-corrected chi connectivity index (χ3v) is 1.56. The lowest BCUT2D eigenvalue weighted by molar-refractivity contribution is -0.203. The highest BCUT2D eigenvalue weighted by atomic mass is 19.4. The van der Waals surface area contributed by atoms with Gasteiger partial charge in [0, 0.05) is 18.8 Å². The second-order valence-corrected chi connectivity index (χ2v) is 2.62. The zero-order valence-electron chi connectivity index (χ0n) is 6.62. The molecule has 1 N–H and O–H groups in total. The summed E-state index contributed by atoms with van der Waals surface area (Å²) in [5.74, 6) is 0. The van der Waals surface area contributed by atoms with Gasteiger partial charge in [-0.2, -0.15) is 13.2 Å². The van der Waals surface area contributed by atoms with Crippen LogP contribution in [-0.2, 0) is 6.42 Å². The van der Waals surface area contributed by atoms with Crippen LogP contribution in [0.15, 0.2) is 24.5 Å². The Morgan fingerprint density at radius 1 is 1.31 bits per heavy atom. The van der Waals surface area contributed by atoms with Crippen molar-refractivity contribution in [3.8, 4) is 0 Å². The zero-order valence-corrected chi connectivity index (χ0v) is 6.62. The van der Waals surface area contributed by atoms with Gasteiger partial charge in [-0.1, -0.05) is 0 Å². The fraction of sp³-hybridized carbons (Fsp3) is 0.375. The molecule has 1 aromatic heterocycles. The van der Waals surface area contributed by atoms with Crippen LogP contribution >= 0.6 is 0 Å². The third kappa shape index (κ3) is 3.02. The number of aliphatic hydroxyl groups is 1. The predicted octanol–water partition coefficient (Wildman–Crippen LogP) is 1.55. The van der Waals surface area contributed by atoms with Crippen LogP contribution in [0.5, 0.6) is 0 Å². The average Bonchev–Trinajstić information content (AvgIpc) is 2.04. The molecular weight excluding hydrogens is 183 g/mol. The van der Waals surface area contributed by atoms with E-state index in [0.717, 1.165) is 0 Å². The molecule has 0 radical (unpaired) electrons. The highest BCUT2D eigenvalue weighted by Gasteiger charge is 2.37. The van der Waals surface area contributed by atoms with Gasteiger partial charge in [-0.3, -0.25) is 4.98 Å². The van der Waals surface area contributed by atoms with Gasteiger partial charge in [-0.05, 0) is 17.7 Å². The van der Waals surface area contributed by atoms with Crippen molar-refractivity contribution in [3.05, 3.63) is 30.1 Å². The lowest BCUT2D eigenvalue weighted by Gasteiger charge is -2.13. The smallest absolute Gasteiger partial charge is 0.383 e. The lowest BCUT2D eigenvalue weighted by atomic mass is 10.1. The topological polar surface area (TPSA) is 33.1 Å². The molecule has 1 aromatic rings. The van der Waals surface area contributed by atoms with Gasteiger partial charge in [-0.25, -0.2) is 0 Å². The van der Waals surface area contributed by atoms with E-state index >= 15 is 0 Å². The molecule has 72 valence electrons. The summed E-state index contributed by atoms with van der Waals surface area (Å²) < 4.78 is 35.6. The molecule has 0 amide bonds. The molecule has 0 saturated heterocycles. The van der Waals surface area contributed by atoms with Crippen LogP contribution in [0.4, 0.5) is 13.2 Å². The van der Waals surface area contributed by atoms with Crippen molar-refractivity contribution in [2.45, 2.75) is 18.7 Å². The standard InChI is InChI=1S/C8H8F3NO/c9-8(10,11)7(13)5-6-1-3-12-4-2-6/h1-4,7,13H,5H2/t7-/m0/s1. The first-order valence-corrected chi connectivity index (χ1v) is 3.64. The molecule has 5 heteroatoms. The van der Waals surface area contributed by atoms with Crippen LogP contribution in [0.3, 0.4) is 0 Å². The second kappa shape index (κ2) is 3.74. The summed E-state index contributed by atoms with van der Waals surface area (Å²) in [5, 5.41) is 8.69. The Balaban J connectivity index is 2.61. The fourth-order valence-corrected chi connectivity index (χ4v) is 0.858. The SMILES string of the molecule is O[C@@H](Cc1ccncc1)C(F)(F)F. The van der Waals surface area contributed by atoms with Crippen LogP contribution in [0.1, 0.15) is 5.56 Å². The number of rotatable bonds is 2. The van der Waals surface area contributed by atoms with E-state index in [1.54, 1.807) is 0 Å². The van der Waals surface area contributed by atoms with Crippen molar-refractivity contribution in [2.75, 3.05) is 0 Å². The van der Waals surface area contributed by atoms with Gasteiger partial charge < -0.3 is 5.11 Å².